The van der Waals surface area contributed by atoms with Crippen molar-refractivity contribution < 1.29 is 9.13 Å². The van der Waals surface area contributed by atoms with Crippen molar-refractivity contribution in [3.8, 4) is 5.75 Å². The molecular formula is C19H25FN4O. The van der Waals surface area contributed by atoms with E-state index in [9.17, 15) is 4.39 Å². The smallest absolute Gasteiger partial charge is 0.191 e. The fraction of sp³-hybridized carbons (Fsp3) is 0.316. The summed E-state index contributed by atoms with van der Waals surface area (Å²) in [6.45, 7) is 1.63. The van der Waals surface area contributed by atoms with E-state index in [1.165, 1.54) is 6.07 Å². The van der Waals surface area contributed by atoms with E-state index in [0.717, 1.165) is 11.3 Å². The van der Waals surface area contributed by atoms with E-state index in [2.05, 4.69) is 15.6 Å². The van der Waals surface area contributed by atoms with Crippen LogP contribution in [-0.4, -0.2) is 40.3 Å². The van der Waals surface area contributed by atoms with Crippen LogP contribution in [0.1, 0.15) is 5.56 Å². The van der Waals surface area contributed by atoms with Crippen LogP contribution < -0.4 is 20.3 Å². The van der Waals surface area contributed by atoms with Gasteiger partial charge >= 0.3 is 0 Å². The average Bonchev–Trinajstić information content (AvgIpc) is 2.61. The summed E-state index contributed by atoms with van der Waals surface area (Å²) in [6, 6.07) is 14.9. The first-order valence-electron chi connectivity index (χ1n) is 8.18. The van der Waals surface area contributed by atoms with Crippen molar-refractivity contribution >= 4 is 11.6 Å². The van der Waals surface area contributed by atoms with Crippen molar-refractivity contribution in [2.45, 2.75) is 6.54 Å². The second-order valence-corrected chi connectivity index (χ2v) is 5.69. The molecule has 5 nitrogen and oxygen atoms in total. The second-order valence-electron chi connectivity index (χ2n) is 5.69. The Bertz CT molecular complexity index is 689. The molecule has 2 N–H and O–H groups in total. The number of rotatable bonds is 7. The van der Waals surface area contributed by atoms with Gasteiger partial charge in [0, 0.05) is 27.7 Å². The standard InChI is InChI=1S/C19H25FN4O/c1-21-19(22-11-12-25-16-7-5-4-6-8-16)23-14-15-9-10-18(24(2)3)17(20)13-15/h4-10,13H,11-12,14H2,1-3H3,(H2,21,22,23). The third-order valence-electron chi connectivity index (χ3n) is 3.58. The van der Waals surface area contributed by atoms with Crippen molar-refractivity contribution in [3.05, 3.63) is 59.9 Å². The van der Waals surface area contributed by atoms with Crippen LogP contribution in [0.15, 0.2) is 53.5 Å². The van der Waals surface area contributed by atoms with Gasteiger partial charge in [-0.15, -0.1) is 0 Å². The maximum absolute atomic E-state index is 14.0. The monoisotopic (exact) mass is 344 g/mol. The predicted octanol–water partition coefficient (Wildman–Crippen LogP) is 2.64. The molecule has 0 fully saturated rings. The van der Waals surface area contributed by atoms with Gasteiger partial charge in [0.2, 0.25) is 0 Å². The van der Waals surface area contributed by atoms with Gasteiger partial charge in [0.15, 0.2) is 5.96 Å². The Morgan fingerprint density at radius 2 is 1.88 bits per heavy atom. The molecule has 6 heteroatoms. The quantitative estimate of drug-likeness (QED) is 0.461. The summed E-state index contributed by atoms with van der Waals surface area (Å²) in [5, 5.41) is 6.33. The zero-order valence-electron chi connectivity index (χ0n) is 14.9. The number of hydrogen-bond acceptors (Lipinski definition) is 3. The van der Waals surface area contributed by atoms with Gasteiger partial charge in [0.25, 0.3) is 0 Å². The fourth-order valence-corrected chi connectivity index (χ4v) is 2.28. The first kappa shape index (κ1) is 18.6. The van der Waals surface area contributed by atoms with Crippen LogP contribution in [0.3, 0.4) is 0 Å². The third kappa shape index (κ3) is 5.99. The number of guanidine groups is 1. The minimum Gasteiger partial charge on any atom is -0.492 e. The first-order chi connectivity index (χ1) is 12.1. The summed E-state index contributed by atoms with van der Waals surface area (Å²) >= 11 is 0. The van der Waals surface area contributed by atoms with Gasteiger partial charge in [-0.25, -0.2) is 4.39 Å². The van der Waals surface area contributed by atoms with E-state index in [0.29, 0.717) is 31.3 Å². The molecule has 0 heterocycles. The van der Waals surface area contributed by atoms with E-state index in [1.807, 2.05) is 50.5 Å². The Morgan fingerprint density at radius 1 is 1.12 bits per heavy atom. The Kier molecular flexibility index (Phi) is 7.07. The number of nitrogens with one attached hydrogen (secondary N) is 2. The maximum Gasteiger partial charge on any atom is 0.191 e. The van der Waals surface area contributed by atoms with Crippen LogP contribution in [0.5, 0.6) is 5.75 Å². The molecule has 0 saturated carbocycles. The maximum atomic E-state index is 14.0. The normalized spacial score (nSPS) is 11.1. The van der Waals surface area contributed by atoms with Crippen LogP contribution in [0, 0.1) is 5.82 Å². The van der Waals surface area contributed by atoms with Gasteiger partial charge in [-0.1, -0.05) is 24.3 Å². The average molecular weight is 344 g/mol. The van der Waals surface area contributed by atoms with Gasteiger partial charge in [-0.3, -0.25) is 4.99 Å². The summed E-state index contributed by atoms with van der Waals surface area (Å²) < 4.78 is 19.6. The number of para-hydroxylation sites is 1. The van der Waals surface area contributed by atoms with Crippen molar-refractivity contribution in [2.75, 3.05) is 39.2 Å². The van der Waals surface area contributed by atoms with Crippen molar-refractivity contribution in [2.24, 2.45) is 4.99 Å². The summed E-state index contributed by atoms with van der Waals surface area (Å²) in [4.78, 5) is 5.90. The van der Waals surface area contributed by atoms with Gasteiger partial charge < -0.3 is 20.3 Å². The predicted molar refractivity (Wildman–Crippen MR) is 101 cm³/mol. The third-order valence-corrected chi connectivity index (χ3v) is 3.58. The van der Waals surface area contributed by atoms with Crippen LogP contribution >= 0.6 is 0 Å². The van der Waals surface area contributed by atoms with Gasteiger partial charge in [0.05, 0.1) is 12.2 Å². The van der Waals surface area contributed by atoms with E-state index < -0.39 is 0 Å². The zero-order valence-corrected chi connectivity index (χ0v) is 14.9. The molecule has 0 bridgehead atoms. The second kappa shape index (κ2) is 9.52. The zero-order chi connectivity index (χ0) is 18.1. The molecule has 25 heavy (non-hydrogen) atoms. The van der Waals surface area contributed by atoms with Crippen molar-refractivity contribution in [3.63, 3.8) is 0 Å². The van der Waals surface area contributed by atoms with E-state index in [1.54, 1.807) is 18.0 Å². The minimum absolute atomic E-state index is 0.233. The highest BCUT2D eigenvalue weighted by molar-refractivity contribution is 5.79. The van der Waals surface area contributed by atoms with Crippen LogP contribution in [0.25, 0.3) is 0 Å². The number of hydrogen-bond donors (Lipinski definition) is 2. The van der Waals surface area contributed by atoms with Crippen molar-refractivity contribution in [1.82, 2.24) is 10.6 Å². The largest absolute Gasteiger partial charge is 0.492 e. The summed E-state index contributed by atoms with van der Waals surface area (Å²) in [5.74, 6) is 1.25. The van der Waals surface area contributed by atoms with Crippen molar-refractivity contribution in [1.29, 1.82) is 0 Å². The number of anilines is 1. The molecule has 0 aliphatic heterocycles. The molecule has 0 aliphatic rings. The van der Waals surface area contributed by atoms with Crippen LogP contribution in [0.4, 0.5) is 10.1 Å². The molecule has 0 saturated heterocycles. The molecule has 0 radical (unpaired) electrons. The highest BCUT2D eigenvalue weighted by Crippen LogP contribution is 2.18. The fourth-order valence-electron chi connectivity index (χ4n) is 2.28. The molecule has 0 amide bonds. The number of ether oxygens (including phenoxy) is 1. The molecular weight excluding hydrogens is 319 g/mol. The van der Waals surface area contributed by atoms with Gasteiger partial charge in [0.1, 0.15) is 18.2 Å². The van der Waals surface area contributed by atoms with Gasteiger partial charge in [-0.2, -0.15) is 0 Å². The van der Waals surface area contributed by atoms with Crippen LogP contribution in [-0.2, 0) is 6.54 Å². The molecule has 2 aromatic rings. The molecule has 134 valence electrons. The van der Waals surface area contributed by atoms with E-state index in [4.69, 9.17) is 4.74 Å². The highest BCUT2D eigenvalue weighted by atomic mass is 19.1. The molecule has 0 aromatic heterocycles. The lowest BCUT2D eigenvalue weighted by molar-refractivity contribution is 0.322. The molecule has 2 aromatic carbocycles. The number of nitrogens with zero attached hydrogens (tertiary/aromatic N) is 2. The first-order valence-corrected chi connectivity index (χ1v) is 8.18. The summed E-state index contributed by atoms with van der Waals surface area (Å²) in [6.07, 6.45) is 0. The highest BCUT2D eigenvalue weighted by Gasteiger charge is 2.06. The Morgan fingerprint density at radius 3 is 2.52 bits per heavy atom. The Balaban J connectivity index is 1.75. The number of benzene rings is 2. The molecule has 0 atom stereocenters. The number of halogens is 1. The van der Waals surface area contributed by atoms with Crippen LogP contribution in [0.2, 0.25) is 0 Å². The van der Waals surface area contributed by atoms with Gasteiger partial charge in [-0.05, 0) is 29.8 Å². The summed E-state index contributed by atoms with van der Waals surface area (Å²) in [7, 11) is 5.34. The molecule has 2 rings (SSSR count). The SMILES string of the molecule is CN=C(NCCOc1ccccc1)NCc1ccc(N(C)C)c(F)c1. The lowest BCUT2D eigenvalue weighted by Crippen LogP contribution is -2.38. The Hall–Kier alpha value is -2.76. The molecule has 0 aliphatic carbocycles. The molecule has 0 unspecified atom stereocenters. The van der Waals surface area contributed by atoms with E-state index >= 15 is 0 Å². The lowest BCUT2D eigenvalue weighted by Gasteiger charge is -2.15. The Labute approximate surface area is 148 Å². The lowest BCUT2D eigenvalue weighted by atomic mass is 10.2. The molecule has 0 spiro atoms. The van der Waals surface area contributed by atoms with E-state index in [-0.39, 0.29) is 5.82 Å². The summed E-state index contributed by atoms with van der Waals surface area (Å²) in [5.41, 5.74) is 1.43. The topological polar surface area (TPSA) is 48.9 Å². The number of aliphatic imine (C=N–C) groups is 1. The minimum atomic E-state index is -0.233.